The van der Waals surface area contributed by atoms with Crippen LogP contribution in [0, 0.1) is 0 Å². The van der Waals surface area contributed by atoms with Gasteiger partial charge in [-0.3, -0.25) is 0 Å². The molecule has 102 valence electrons. The molecule has 0 amide bonds. The van der Waals surface area contributed by atoms with Gasteiger partial charge in [-0.15, -0.1) is 0 Å². The zero-order chi connectivity index (χ0) is 12.9. The molecule has 1 aromatic rings. The van der Waals surface area contributed by atoms with Gasteiger partial charge in [0.15, 0.2) is 0 Å². The summed E-state index contributed by atoms with van der Waals surface area (Å²) in [4.78, 5) is 0. The molecule has 0 aliphatic carbocycles. The predicted octanol–water partition coefficient (Wildman–Crippen LogP) is 3.42. The molecular weight excluding hydrogens is 222 g/mol. The highest BCUT2D eigenvalue weighted by atomic mass is 16.5. The van der Waals surface area contributed by atoms with Crippen LogP contribution in [0.1, 0.15) is 37.7 Å². The quantitative estimate of drug-likeness (QED) is 0.607. The molecule has 0 atom stereocenters. The van der Waals surface area contributed by atoms with Gasteiger partial charge in [0.25, 0.3) is 0 Å². The molecule has 0 aromatic heterocycles. The zero-order valence-electron chi connectivity index (χ0n) is 11.7. The van der Waals surface area contributed by atoms with Crippen molar-refractivity contribution in [3.8, 4) is 0 Å². The molecule has 0 bridgehead atoms. The molecule has 0 aliphatic heterocycles. The van der Waals surface area contributed by atoms with Gasteiger partial charge >= 0.3 is 0 Å². The molecule has 0 saturated carbocycles. The Morgan fingerprint density at radius 3 is 2.33 bits per heavy atom. The third-order valence-corrected chi connectivity index (χ3v) is 3.11. The number of methoxy groups -OCH3 is 1. The average molecular weight is 249 g/mol. The highest BCUT2D eigenvalue weighted by molar-refractivity contribution is 5.14. The van der Waals surface area contributed by atoms with Crippen molar-refractivity contribution in [1.29, 1.82) is 0 Å². The topological polar surface area (TPSA) is 21.3 Å². The van der Waals surface area contributed by atoms with Crippen LogP contribution in [-0.4, -0.2) is 26.8 Å². The van der Waals surface area contributed by atoms with Crippen LogP contribution in [0.25, 0.3) is 0 Å². The second-order valence-corrected chi connectivity index (χ2v) is 4.75. The maximum Gasteiger partial charge on any atom is 0.0462 e. The van der Waals surface area contributed by atoms with Crippen LogP contribution in [0.5, 0.6) is 0 Å². The van der Waals surface area contributed by atoms with E-state index in [1.54, 1.807) is 7.11 Å². The molecule has 0 spiro atoms. The Morgan fingerprint density at radius 2 is 1.61 bits per heavy atom. The van der Waals surface area contributed by atoms with Crippen molar-refractivity contribution in [2.24, 2.45) is 0 Å². The van der Waals surface area contributed by atoms with E-state index in [0.717, 1.165) is 19.7 Å². The van der Waals surface area contributed by atoms with Gasteiger partial charge < -0.3 is 10.1 Å². The van der Waals surface area contributed by atoms with E-state index < -0.39 is 0 Å². The Bertz CT molecular complexity index is 274. The highest BCUT2D eigenvalue weighted by Crippen LogP contribution is 2.03. The van der Waals surface area contributed by atoms with Crippen molar-refractivity contribution < 1.29 is 4.74 Å². The summed E-state index contributed by atoms with van der Waals surface area (Å²) in [6.45, 7) is 3.20. The molecule has 18 heavy (non-hydrogen) atoms. The molecule has 0 unspecified atom stereocenters. The smallest absolute Gasteiger partial charge is 0.0462 e. The van der Waals surface area contributed by atoms with Crippen molar-refractivity contribution in [2.45, 2.75) is 38.5 Å². The van der Waals surface area contributed by atoms with E-state index in [-0.39, 0.29) is 0 Å². The van der Waals surface area contributed by atoms with Gasteiger partial charge in [0, 0.05) is 13.7 Å². The highest BCUT2D eigenvalue weighted by Gasteiger charge is 1.93. The van der Waals surface area contributed by atoms with Crippen LogP contribution < -0.4 is 5.32 Å². The Labute approximate surface area is 112 Å². The minimum Gasteiger partial charge on any atom is -0.385 e. The van der Waals surface area contributed by atoms with E-state index in [0.29, 0.717) is 0 Å². The van der Waals surface area contributed by atoms with Crippen molar-refractivity contribution in [2.75, 3.05) is 26.8 Å². The normalized spacial score (nSPS) is 10.7. The standard InChI is InChI=1S/C16H27NO/c1-18-15-9-3-7-13-17-14-8-6-12-16-10-4-2-5-11-16/h2,4-5,10-11,17H,3,6-9,12-15H2,1H3. The number of benzene rings is 1. The number of nitrogens with one attached hydrogen (secondary N) is 1. The molecule has 2 heteroatoms. The van der Waals surface area contributed by atoms with Gasteiger partial charge in [-0.1, -0.05) is 30.3 Å². The fourth-order valence-corrected chi connectivity index (χ4v) is 2.02. The predicted molar refractivity (Wildman–Crippen MR) is 78.0 cm³/mol. The summed E-state index contributed by atoms with van der Waals surface area (Å²) in [7, 11) is 1.77. The lowest BCUT2D eigenvalue weighted by atomic mass is 10.1. The number of hydrogen-bond acceptors (Lipinski definition) is 2. The van der Waals surface area contributed by atoms with Crippen LogP contribution >= 0.6 is 0 Å². The molecule has 0 aliphatic rings. The van der Waals surface area contributed by atoms with Crippen molar-refractivity contribution in [3.05, 3.63) is 35.9 Å². The Balaban J connectivity index is 1.82. The lowest BCUT2D eigenvalue weighted by molar-refractivity contribution is 0.192. The maximum absolute atomic E-state index is 5.02. The number of rotatable bonds is 11. The summed E-state index contributed by atoms with van der Waals surface area (Å²) in [5.74, 6) is 0. The summed E-state index contributed by atoms with van der Waals surface area (Å²) in [5, 5.41) is 3.51. The number of hydrogen-bond donors (Lipinski definition) is 1. The Hall–Kier alpha value is -0.860. The molecular formula is C16H27NO. The van der Waals surface area contributed by atoms with Gasteiger partial charge in [-0.05, 0) is 57.2 Å². The summed E-state index contributed by atoms with van der Waals surface area (Å²) < 4.78 is 5.02. The van der Waals surface area contributed by atoms with Gasteiger partial charge in [-0.25, -0.2) is 0 Å². The van der Waals surface area contributed by atoms with Crippen LogP contribution in [0.3, 0.4) is 0 Å². The third kappa shape index (κ3) is 8.26. The first-order valence-corrected chi connectivity index (χ1v) is 7.17. The van der Waals surface area contributed by atoms with E-state index in [9.17, 15) is 0 Å². The van der Waals surface area contributed by atoms with E-state index in [2.05, 4.69) is 35.6 Å². The van der Waals surface area contributed by atoms with Crippen LogP contribution in [0.4, 0.5) is 0 Å². The summed E-state index contributed by atoms with van der Waals surface area (Å²) in [6.07, 6.45) is 7.48. The molecule has 1 aromatic carbocycles. The molecule has 0 fully saturated rings. The minimum absolute atomic E-state index is 0.900. The number of ether oxygens (including phenoxy) is 1. The monoisotopic (exact) mass is 249 g/mol. The molecule has 0 saturated heterocycles. The van der Waals surface area contributed by atoms with E-state index in [4.69, 9.17) is 4.74 Å². The van der Waals surface area contributed by atoms with Crippen molar-refractivity contribution in [1.82, 2.24) is 5.32 Å². The number of aryl methyl sites for hydroxylation is 1. The fraction of sp³-hybridized carbons (Fsp3) is 0.625. The average Bonchev–Trinajstić information content (AvgIpc) is 2.42. The van der Waals surface area contributed by atoms with Gasteiger partial charge in [0.2, 0.25) is 0 Å². The maximum atomic E-state index is 5.02. The lowest BCUT2D eigenvalue weighted by Crippen LogP contribution is -2.16. The number of unbranched alkanes of at least 4 members (excludes halogenated alkanes) is 3. The first-order chi connectivity index (χ1) is 8.93. The molecule has 0 heterocycles. The van der Waals surface area contributed by atoms with E-state index in [1.165, 1.54) is 44.1 Å². The third-order valence-electron chi connectivity index (χ3n) is 3.11. The molecule has 1 N–H and O–H groups in total. The summed E-state index contributed by atoms with van der Waals surface area (Å²) in [6, 6.07) is 10.7. The van der Waals surface area contributed by atoms with E-state index in [1.807, 2.05) is 0 Å². The SMILES string of the molecule is COCCCCCNCCCCc1ccccc1. The molecule has 0 radical (unpaired) electrons. The van der Waals surface area contributed by atoms with Crippen LogP contribution in [-0.2, 0) is 11.2 Å². The minimum atomic E-state index is 0.900. The Kier molecular flexibility index (Phi) is 9.49. The summed E-state index contributed by atoms with van der Waals surface area (Å²) in [5.41, 5.74) is 1.46. The largest absolute Gasteiger partial charge is 0.385 e. The zero-order valence-corrected chi connectivity index (χ0v) is 11.7. The fourth-order valence-electron chi connectivity index (χ4n) is 2.02. The summed E-state index contributed by atoms with van der Waals surface area (Å²) >= 11 is 0. The molecule has 1 rings (SSSR count). The second-order valence-electron chi connectivity index (χ2n) is 4.75. The first-order valence-electron chi connectivity index (χ1n) is 7.17. The van der Waals surface area contributed by atoms with Crippen LogP contribution in [0.2, 0.25) is 0 Å². The lowest BCUT2D eigenvalue weighted by Gasteiger charge is -2.05. The first kappa shape index (κ1) is 15.2. The van der Waals surface area contributed by atoms with Crippen molar-refractivity contribution in [3.63, 3.8) is 0 Å². The second kappa shape index (κ2) is 11.2. The van der Waals surface area contributed by atoms with Gasteiger partial charge in [-0.2, -0.15) is 0 Å². The molecule has 2 nitrogen and oxygen atoms in total. The Morgan fingerprint density at radius 1 is 0.889 bits per heavy atom. The van der Waals surface area contributed by atoms with Crippen molar-refractivity contribution >= 4 is 0 Å². The van der Waals surface area contributed by atoms with Gasteiger partial charge in [0.1, 0.15) is 0 Å². The van der Waals surface area contributed by atoms with E-state index >= 15 is 0 Å². The van der Waals surface area contributed by atoms with Crippen LogP contribution in [0.15, 0.2) is 30.3 Å². The van der Waals surface area contributed by atoms with Gasteiger partial charge in [0.05, 0.1) is 0 Å².